The lowest BCUT2D eigenvalue weighted by molar-refractivity contribution is -0.139. The van der Waals surface area contributed by atoms with Crippen LogP contribution in [0.25, 0.3) is 0 Å². The number of rotatable bonds is 9. The third-order valence-electron chi connectivity index (χ3n) is 4.77. The average molecular weight is 450 g/mol. The molecular weight excluding hydrogens is 421 g/mol. The predicted molar refractivity (Wildman–Crippen MR) is 118 cm³/mol. The van der Waals surface area contributed by atoms with Crippen molar-refractivity contribution in [1.29, 1.82) is 0 Å². The highest BCUT2D eigenvalue weighted by Crippen LogP contribution is 2.20. The van der Waals surface area contributed by atoms with E-state index in [0.717, 1.165) is 27.8 Å². The van der Waals surface area contributed by atoms with Gasteiger partial charge in [0.05, 0.1) is 11.9 Å². The number of carbonyl (C=O) groups is 2. The van der Waals surface area contributed by atoms with Crippen molar-refractivity contribution in [2.24, 2.45) is 0 Å². The Bertz CT molecular complexity index is 1030. The Morgan fingerprint density at radius 2 is 1.77 bits per heavy atom. The number of nitrogens with zero attached hydrogens (tertiary/aromatic N) is 2. The van der Waals surface area contributed by atoms with Crippen LogP contribution in [0.4, 0.5) is 10.1 Å². The third kappa shape index (κ3) is 6.78. The Hall–Kier alpha value is -2.94. The van der Waals surface area contributed by atoms with Gasteiger partial charge in [0, 0.05) is 13.1 Å². The molecule has 0 unspecified atom stereocenters. The van der Waals surface area contributed by atoms with Crippen LogP contribution in [0.15, 0.2) is 48.5 Å². The lowest BCUT2D eigenvalue weighted by Crippen LogP contribution is -2.51. The number of anilines is 1. The molecule has 0 saturated carbocycles. The molecule has 168 valence electrons. The average Bonchev–Trinajstić information content (AvgIpc) is 2.70. The Balaban J connectivity index is 2.37. The van der Waals surface area contributed by atoms with Gasteiger partial charge in [-0.3, -0.25) is 13.9 Å². The van der Waals surface area contributed by atoms with E-state index in [4.69, 9.17) is 0 Å². The summed E-state index contributed by atoms with van der Waals surface area (Å²) in [5.41, 5.74) is 1.89. The number of sulfonamides is 1. The molecule has 2 amide bonds. The number of carbonyl (C=O) groups excluding carboxylic acids is 2. The molecule has 2 aromatic rings. The van der Waals surface area contributed by atoms with E-state index in [-0.39, 0.29) is 18.1 Å². The number of nitrogens with one attached hydrogen (secondary N) is 1. The minimum Gasteiger partial charge on any atom is -0.355 e. The van der Waals surface area contributed by atoms with Gasteiger partial charge in [-0.15, -0.1) is 0 Å². The fraction of sp³-hybridized carbons (Fsp3) is 0.364. The molecule has 0 bridgehead atoms. The summed E-state index contributed by atoms with van der Waals surface area (Å²) in [6, 6.07) is 11.7. The maximum atomic E-state index is 13.7. The summed E-state index contributed by atoms with van der Waals surface area (Å²) in [5.74, 6) is -1.54. The topological polar surface area (TPSA) is 86.8 Å². The first-order valence-electron chi connectivity index (χ1n) is 9.89. The molecule has 2 aromatic carbocycles. The summed E-state index contributed by atoms with van der Waals surface area (Å²) in [6.45, 7) is 5.26. The van der Waals surface area contributed by atoms with Crippen LogP contribution in [0.2, 0.25) is 0 Å². The van der Waals surface area contributed by atoms with Crippen LogP contribution >= 0.6 is 0 Å². The van der Waals surface area contributed by atoms with Gasteiger partial charge in [-0.25, -0.2) is 12.8 Å². The van der Waals surface area contributed by atoms with E-state index in [9.17, 15) is 22.4 Å². The van der Waals surface area contributed by atoms with Crippen LogP contribution in [-0.2, 0) is 26.2 Å². The number of halogens is 1. The lowest BCUT2D eigenvalue weighted by Gasteiger charge is -2.31. The van der Waals surface area contributed by atoms with Gasteiger partial charge in [-0.1, -0.05) is 35.9 Å². The molecular formula is C22H28FN3O4S. The first-order chi connectivity index (χ1) is 14.5. The highest BCUT2D eigenvalue weighted by molar-refractivity contribution is 7.92. The molecule has 0 fully saturated rings. The van der Waals surface area contributed by atoms with Crippen LogP contribution in [0.3, 0.4) is 0 Å². The van der Waals surface area contributed by atoms with Gasteiger partial charge in [0.15, 0.2) is 0 Å². The minimum atomic E-state index is -3.88. The standard InChI is InChI=1S/C22H28FN3O4S/c1-5-24-22(28)17(3)25(14-18-11-9-16(2)10-12-18)21(27)15-26(31(4,29)30)20-8-6-7-19(23)13-20/h6-13,17H,5,14-15H2,1-4H3,(H,24,28)/t17-/m0/s1. The molecule has 0 radical (unpaired) electrons. The smallest absolute Gasteiger partial charge is 0.244 e. The van der Waals surface area contributed by atoms with E-state index in [1.807, 2.05) is 31.2 Å². The van der Waals surface area contributed by atoms with Crippen molar-refractivity contribution in [2.45, 2.75) is 33.4 Å². The molecule has 7 nitrogen and oxygen atoms in total. The first-order valence-corrected chi connectivity index (χ1v) is 11.7. The first kappa shape index (κ1) is 24.3. The highest BCUT2D eigenvalue weighted by Gasteiger charge is 2.30. The van der Waals surface area contributed by atoms with Crippen LogP contribution < -0.4 is 9.62 Å². The normalized spacial score (nSPS) is 12.2. The fourth-order valence-corrected chi connectivity index (χ4v) is 3.88. The number of amides is 2. The van der Waals surface area contributed by atoms with Gasteiger partial charge >= 0.3 is 0 Å². The SMILES string of the molecule is CCNC(=O)[C@H](C)N(Cc1ccc(C)cc1)C(=O)CN(c1cccc(F)c1)S(C)(=O)=O. The van der Waals surface area contributed by atoms with Gasteiger partial charge in [0.1, 0.15) is 18.4 Å². The Labute approximate surface area is 182 Å². The molecule has 0 aromatic heterocycles. The number of benzene rings is 2. The maximum Gasteiger partial charge on any atom is 0.244 e. The molecule has 0 spiro atoms. The summed E-state index contributed by atoms with van der Waals surface area (Å²) >= 11 is 0. The fourth-order valence-electron chi connectivity index (χ4n) is 3.04. The quantitative estimate of drug-likeness (QED) is 0.637. The van der Waals surface area contributed by atoms with Crippen LogP contribution in [0.5, 0.6) is 0 Å². The van der Waals surface area contributed by atoms with E-state index in [1.54, 1.807) is 13.8 Å². The zero-order valence-electron chi connectivity index (χ0n) is 18.1. The van der Waals surface area contributed by atoms with Gasteiger partial charge in [0.25, 0.3) is 0 Å². The summed E-state index contributed by atoms with van der Waals surface area (Å²) < 4.78 is 39.2. The second kappa shape index (κ2) is 10.4. The van der Waals surface area contributed by atoms with Crippen molar-refractivity contribution in [2.75, 3.05) is 23.7 Å². The third-order valence-corrected chi connectivity index (χ3v) is 5.91. The summed E-state index contributed by atoms with van der Waals surface area (Å²) in [4.78, 5) is 27.0. The second-order valence-electron chi connectivity index (χ2n) is 7.33. The molecule has 0 saturated heterocycles. The Morgan fingerprint density at radius 3 is 2.32 bits per heavy atom. The zero-order chi connectivity index (χ0) is 23.2. The van der Waals surface area contributed by atoms with Crippen LogP contribution in [0.1, 0.15) is 25.0 Å². The summed E-state index contributed by atoms with van der Waals surface area (Å²) in [6.07, 6.45) is 0.947. The zero-order valence-corrected chi connectivity index (χ0v) is 18.9. The molecule has 31 heavy (non-hydrogen) atoms. The molecule has 0 aliphatic rings. The highest BCUT2D eigenvalue weighted by atomic mass is 32.2. The van der Waals surface area contributed by atoms with Crippen molar-refractivity contribution in [3.05, 3.63) is 65.5 Å². The van der Waals surface area contributed by atoms with Crippen molar-refractivity contribution in [3.63, 3.8) is 0 Å². The summed E-state index contributed by atoms with van der Waals surface area (Å²) in [7, 11) is -3.88. The molecule has 1 N–H and O–H groups in total. The van der Waals surface area contributed by atoms with E-state index >= 15 is 0 Å². The largest absolute Gasteiger partial charge is 0.355 e. The Morgan fingerprint density at radius 1 is 1.13 bits per heavy atom. The number of hydrogen-bond acceptors (Lipinski definition) is 4. The number of likely N-dealkylation sites (N-methyl/N-ethyl adjacent to an activating group) is 1. The van der Waals surface area contributed by atoms with Crippen molar-refractivity contribution in [3.8, 4) is 0 Å². The minimum absolute atomic E-state index is 0.0387. The summed E-state index contributed by atoms with van der Waals surface area (Å²) in [5, 5.41) is 2.68. The lowest BCUT2D eigenvalue weighted by atomic mass is 10.1. The van der Waals surface area contributed by atoms with E-state index in [0.29, 0.717) is 6.54 Å². The van der Waals surface area contributed by atoms with Crippen molar-refractivity contribution in [1.82, 2.24) is 10.2 Å². The van der Waals surface area contributed by atoms with Crippen molar-refractivity contribution < 1.29 is 22.4 Å². The van der Waals surface area contributed by atoms with Crippen LogP contribution in [-0.4, -0.2) is 50.5 Å². The van der Waals surface area contributed by atoms with E-state index in [1.165, 1.54) is 23.1 Å². The predicted octanol–water partition coefficient (Wildman–Crippen LogP) is 2.45. The van der Waals surface area contributed by atoms with Gasteiger partial charge in [0.2, 0.25) is 21.8 Å². The van der Waals surface area contributed by atoms with Gasteiger partial charge < -0.3 is 10.2 Å². The second-order valence-corrected chi connectivity index (χ2v) is 9.23. The molecule has 2 rings (SSSR count). The number of aryl methyl sites for hydroxylation is 1. The van der Waals surface area contributed by atoms with Gasteiger partial charge in [-0.05, 0) is 44.5 Å². The van der Waals surface area contributed by atoms with E-state index in [2.05, 4.69) is 5.32 Å². The van der Waals surface area contributed by atoms with Gasteiger partial charge in [-0.2, -0.15) is 0 Å². The molecule has 0 aliphatic carbocycles. The molecule has 0 aliphatic heterocycles. The Kier molecular flexibility index (Phi) is 8.15. The molecule has 0 heterocycles. The molecule has 9 heteroatoms. The molecule has 1 atom stereocenters. The van der Waals surface area contributed by atoms with Crippen molar-refractivity contribution >= 4 is 27.5 Å². The maximum absolute atomic E-state index is 13.7. The number of hydrogen-bond donors (Lipinski definition) is 1. The van der Waals surface area contributed by atoms with Crippen LogP contribution in [0, 0.1) is 12.7 Å². The van der Waals surface area contributed by atoms with E-state index < -0.39 is 34.3 Å². The monoisotopic (exact) mass is 449 g/mol.